The van der Waals surface area contributed by atoms with Crippen molar-refractivity contribution in [2.24, 2.45) is 4.99 Å². The van der Waals surface area contributed by atoms with Crippen LogP contribution in [0.4, 0.5) is 17.6 Å². The highest BCUT2D eigenvalue weighted by molar-refractivity contribution is 14.0. The van der Waals surface area contributed by atoms with E-state index in [1.807, 2.05) is 4.57 Å². The van der Waals surface area contributed by atoms with Gasteiger partial charge in [-0.05, 0) is 30.5 Å². The van der Waals surface area contributed by atoms with Crippen LogP contribution in [0.3, 0.4) is 0 Å². The number of hydrogen-bond donors (Lipinski definition) is 2. The van der Waals surface area contributed by atoms with Crippen molar-refractivity contribution in [1.29, 1.82) is 0 Å². The van der Waals surface area contributed by atoms with Gasteiger partial charge in [-0.15, -0.1) is 34.2 Å². The second-order valence-corrected chi connectivity index (χ2v) is 6.22. The van der Waals surface area contributed by atoms with Gasteiger partial charge < -0.3 is 15.2 Å². The molecule has 0 radical (unpaired) electrons. The van der Waals surface area contributed by atoms with Gasteiger partial charge in [0.05, 0.1) is 12.1 Å². The normalized spacial score (nSPS) is 14.2. The lowest BCUT2D eigenvalue weighted by atomic mass is 10.1. The molecule has 0 atom stereocenters. The smallest absolute Gasteiger partial charge is 0.352 e. The van der Waals surface area contributed by atoms with Gasteiger partial charge in [0.15, 0.2) is 11.8 Å². The number of nitrogens with zero attached hydrogens (tertiary/aromatic N) is 4. The predicted octanol–water partition coefficient (Wildman–Crippen LogP) is 3.26. The number of aryl methyl sites for hydroxylation is 1. The second-order valence-electron chi connectivity index (χ2n) is 6.22. The summed E-state index contributed by atoms with van der Waals surface area (Å²) >= 11 is 0. The first kappa shape index (κ1) is 22.4. The maximum Gasteiger partial charge on any atom is 0.416 e. The van der Waals surface area contributed by atoms with Crippen molar-refractivity contribution in [2.45, 2.75) is 45.1 Å². The molecular weight excluding hydrogens is 491 g/mol. The third kappa shape index (κ3) is 5.32. The SMILES string of the molecule is CN=C(NCc1ccc(F)cc1C(F)(F)F)NCc1nnc2n1CCCC2.I. The molecule has 0 spiro atoms. The molecule has 0 amide bonds. The van der Waals surface area contributed by atoms with Crippen LogP contribution in [0.1, 0.15) is 35.6 Å². The number of hydrogen-bond acceptors (Lipinski definition) is 3. The Hall–Kier alpha value is -1.92. The molecular formula is C17H21F4IN6. The molecule has 28 heavy (non-hydrogen) atoms. The van der Waals surface area contributed by atoms with E-state index >= 15 is 0 Å². The van der Waals surface area contributed by atoms with Crippen LogP contribution < -0.4 is 10.6 Å². The first-order chi connectivity index (χ1) is 12.9. The Balaban J connectivity index is 0.00000280. The van der Waals surface area contributed by atoms with Crippen molar-refractivity contribution in [3.8, 4) is 0 Å². The Labute approximate surface area is 176 Å². The van der Waals surface area contributed by atoms with E-state index in [2.05, 4.69) is 25.8 Å². The number of benzene rings is 1. The molecule has 3 rings (SSSR count). The van der Waals surface area contributed by atoms with Crippen LogP contribution in [0.2, 0.25) is 0 Å². The minimum absolute atomic E-state index is 0. The first-order valence-electron chi connectivity index (χ1n) is 8.59. The Morgan fingerprint density at radius 1 is 1.18 bits per heavy atom. The van der Waals surface area contributed by atoms with Crippen LogP contribution >= 0.6 is 24.0 Å². The summed E-state index contributed by atoms with van der Waals surface area (Å²) < 4.78 is 54.4. The molecule has 1 aliphatic heterocycles. The minimum Gasteiger partial charge on any atom is -0.352 e. The molecule has 0 saturated heterocycles. The number of fused-ring (bicyclic) bond motifs is 1. The lowest BCUT2D eigenvalue weighted by Crippen LogP contribution is -2.37. The summed E-state index contributed by atoms with van der Waals surface area (Å²) in [6, 6.07) is 2.62. The van der Waals surface area contributed by atoms with Gasteiger partial charge in [-0.2, -0.15) is 13.2 Å². The molecule has 154 valence electrons. The monoisotopic (exact) mass is 512 g/mol. The molecule has 2 heterocycles. The maximum absolute atomic E-state index is 13.2. The van der Waals surface area contributed by atoms with E-state index in [1.54, 1.807) is 0 Å². The van der Waals surface area contributed by atoms with E-state index in [0.29, 0.717) is 18.6 Å². The average molecular weight is 512 g/mol. The highest BCUT2D eigenvalue weighted by atomic mass is 127. The van der Waals surface area contributed by atoms with Crippen molar-refractivity contribution < 1.29 is 17.6 Å². The van der Waals surface area contributed by atoms with E-state index in [4.69, 9.17) is 0 Å². The highest BCUT2D eigenvalue weighted by Gasteiger charge is 2.33. The zero-order valence-corrected chi connectivity index (χ0v) is 17.5. The molecule has 0 bridgehead atoms. The molecule has 2 aromatic rings. The molecule has 0 fully saturated rings. The summed E-state index contributed by atoms with van der Waals surface area (Å²) in [7, 11) is 1.52. The summed E-state index contributed by atoms with van der Waals surface area (Å²) in [5.74, 6) is 1.10. The largest absolute Gasteiger partial charge is 0.416 e. The van der Waals surface area contributed by atoms with Crippen molar-refractivity contribution >= 4 is 29.9 Å². The number of aliphatic imine (C=N–C) groups is 1. The van der Waals surface area contributed by atoms with E-state index < -0.39 is 17.6 Å². The van der Waals surface area contributed by atoms with Gasteiger partial charge in [0.1, 0.15) is 11.6 Å². The predicted molar refractivity (Wildman–Crippen MR) is 107 cm³/mol. The van der Waals surface area contributed by atoms with Crippen LogP contribution in [0.5, 0.6) is 0 Å². The Morgan fingerprint density at radius 3 is 2.64 bits per heavy atom. The van der Waals surface area contributed by atoms with Crippen LogP contribution in [-0.4, -0.2) is 27.8 Å². The minimum atomic E-state index is -4.63. The summed E-state index contributed by atoms with van der Waals surface area (Å²) in [4.78, 5) is 4.01. The fraction of sp³-hybridized carbons (Fsp3) is 0.471. The Morgan fingerprint density at radius 2 is 1.93 bits per heavy atom. The number of halogens is 5. The van der Waals surface area contributed by atoms with Crippen LogP contribution in [0.15, 0.2) is 23.2 Å². The van der Waals surface area contributed by atoms with Crippen molar-refractivity contribution in [3.63, 3.8) is 0 Å². The van der Waals surface area contributed by atoms with Gasteiger partial charge in [-0.3, -0.25) is 4.99 Å². The Kier molecular flexibility index (Phi) is 7.61. The van der Waals surface area contributed by atoms with Crippen molar-refractivity contribution in [3.05, 3.63) is 46.8 Å². The van der Waals surface area contributed by atoms with Gasteiger partial charge in [0, 0.05) is 26.6 Å². The fourth-order valence-corrected chi connectivity index (χ4v) is 3.03. The molecule has 1 aromatic heterocycles. The molecule has 11 heteroatoms. The molecule has 1 aliphatic rings. The summed E-state index contributed by atoms with van der Waals surface area (Å²) in [5, 5.41) is 14.2. The lowest BCUT2D eigenvalue weighted by Gasteiger charge is -2.17. The van der Waals surface area contributed by atoms with Crippen LogP contribution in [0, 0.1) is 5.82 Å². The van der Waals surface area contributed by atoms with Gasteiger partial charge >= 0.3 is 6.18 Å². The number of alkyl halides is 3. The Bertz CT molecular complexity index is 834. The van der Waals surface area contributed by atoms with Crippen LogP contribution in [-0.2, 0) is 32.2 Å². The molecule has 0 aliphatic carbocycles. The molecule has 6 nitrogen and oxygen atoms in total. The van der Waals surface area contributed by atoms with Gasteiger partial charge in [-0.25, -0.2) is 4.39 Å². The second kappa shape index (κ2) is 9.52. The average Bonchev–Trinajstić information content (AvgIpc) is 3.05. The van der Waals surface area contributed by atoms with Crippen molar-refractivity contribution in [1.82, 2.24) is 25.4 Å². The molecule has 2 N–H and O–H groups in total. The molecule has 0 unspecified atom stereocenters. The third-order valence-corrected chi connectivity index (χ3v) is 4.40. The highest BCUT2D eigenvalue weighted by Crippen LogP contribution is 2.32. The van der Waals surface area contributed by atoms with E-state index in [0.717, 1.165) is 49.6 Å². The van der Waals surface area contributed by atoms with Crippen LogP contribution in [0.25, 0.3) is 0 Å². The maximum atomic E-state index is 13.2. The number of rotatable bonds is 4. The summed E-state index contributed by atoms with van der Waals surface area (Å²) in [6.07, 6.45) is -1.58. The van der Waals surface area contributed by atoms with Gasteiger partial charge in [0.2, 0.25) is 0 Å². The van der Waals surface area contributed by atoms with Gasteiger partial charge in [0.25, 0.3) is 0 Å². The summed E-state index contributed by atoms with van der Waals surface area (Å²) in [6.45, 7) is 1.06. The molecule has 0 saturated carbocycles. The number of nitrogens with one attached hydrogen (secondary N) is 2. The zero-order valence-electron chi connectivity index (χ0n) is 15.2. The number of guanidine groups is 1. The third-order valence-electron chi connectivity index (χ3n) is 4.40. The zero-order chi connectivity index (χ0) is 19.4. The van der Waals surface area contributed by atoms with Gasteiger partial charge in [-0.1, -0.05) is 6.07 Å². The quantitative estimate of drug-likeness (QED) is 0.286. The topological polar surface area (TPSA) is 67.1 Å². The lowest BCUT2D eigenvalue weighted by molar-refractivity contribution is -0.138. The summed E-state index contributed by atoms with van der Waals surface area (Å²) in [5.41, 5.74) is -1.07. The first-order valence-corrected chi connectivity index (χ1v) is 8.59. The van der Waals surface area contributed by atoms with E-state index in [9.17, 15) is 17.6 Å². The number of aromatic nitrogens is 3. The van der Waals surface area contributed by atoms with Crippen molar-refractivity contribution in [2.75, 3.05) is 7.05 Å². The van der Waals surface area contributed by atoms with E-state index in [-0.39, 0.29) is 36.1 Å². The fourth-order valence-electron chi connectivity index (χ4n) is 3.03. The van der Waals surface area contributed by atoms with E-state index in [1.165, 1.54) is 7.05 Å². The standard InChI is InChI=1S/C17H20F4N6.HI/c1-22-16(24-10-15-26-25-14-4-2-3-7-27(14)15)23-9-11-5-6-12(18)8-13(11)17(19,20)21;/h5-6,8H,2-4,7,9-10H2,1H3,(H2,22,23,24);1H. The molecule has 1 aromatic carbocycles.